The molecule has 4 rings (SSSR count). The molecule has 0 bridgehead atoms. The predicted octanol–water partition coefficient (Wildman–Crippen LogP) is 4.75. The number of alkyl halides is 2. The largest absolute Gasteiger partial charge is 0.434 e. The van der Waals surface area contributed by atoms with Gasteiger partial charge in [-0.15, -0.1) is 11.3 Å². The van der Waals surface area contributed by atoms with Crippen LogP contribution in [-0.4, -0.2) is 26.4 Å². The van der Waals surface area contributed by atoms with Crippen LogP contribution in [0.25, 0.3) is 21.3 Å². The predicted molar refractivity (Wildman–Crippen MR) is 101 cm³/mol. The topological polar surface area (TPSA) is 64.9 Å². The summed E-state index contributed by atoms with van der Waals surface area (Å²) in [5, 5.41) is 7.20. The minimum absolute atomic E-state index is 0.121. The average Bonchev–Trinajstić information content (AvgIpc) is 3.17. The molecule has 0 unspecified atom stereocenters. The van der Waals surface area contributed by atoms with Gasteiger partial charge in [0.25, 0.3) is 0 Å². The molecule has 4 aromatic rings. The van der Waals surface area contributed by atoms with Crippen molar-refractivity contribution in [2.75, 3.05) is 5.32 Å². The minimum Gasteiger partial charge on any atom is -0.434 e. The Morgan fingerprint density at radius 3 is 2.78 bits per heavy atom. The van der Waals surface area contributed by atoms with Gasteiger partial charge in [-0.2, -0.15) is 13.9 Å². The van der Waals surface area contributed by atoms with E-state index < -0.39 is 6.61 Å². The molecule has 1 aromatic carbocycles. The van der Waals surface area contributed by atoms with Crippen molar-refractivity contribution < 1.29 is 13.5 Å². The van der Waals surface area contributed by atoms with Gasteiger partial charge in [0.2, 0.25) is 5.95 Å². The fraction of sp³-hybridized carbons (Fsp3) is 0.167. The molecule has 0 atom stereocenters. The molecule has 0 aliphatic rings. The van der Waals surface area contributed by atoms with Crippen LogP contribution in [0.1, 0.15) is 4.88 Å². The van der Waals surface area contributed by atoms with Gasteiger partial charge in [-0.3, -0.25) is 4.68 Å². The van der Waals surface area contributed by atoms with Crippen LogP contribution in [0.15, 0.2) is 42.9 Å². The SMILES string of the molecule is Cc1sc2cnc(Nc3cnn(C)c3)nc2c1-c1ccccc1OC(F)F. The number of nitrogens with one attached hydrogen (secondary N) is 1. The number of fused-ring (bicyclic) bond motifs is 1. The monoisotopic (exact) mass is 387 g/mol. The molecule has 0 spiro atoms. The van der Waals surface area contributed by atoms with Crippen molar-refractivity contribution in [1.82, 2.24) is 19.7 Å². The lowest BCUT2D eigenvalue weighted by atomic mass is 10.0. The Labute approximate surface area is 157 Å². The number of ether oxygens (including phenoxy) is 1. The first-order chi connectivity index (χ1) is 13.0. The summed E-state index contributed by atoms with van der Waals surface area (Å²) in [6.45, 7) is -0.969. The summed E-state index contributed by atoms with van der Waals surface area (Å²) in [5.41, 5.74) is 2.78. The number of hydrogen-bond donors (Lipinski definition) is 1. The molecule has 9 heteroatoms. The van der Waals surface area contributed by atoms with Crippen LogP contribution in [0.4, 0.5) is 20.4 Å². The highest BCUT2D eigenvalue weighted by Crippen LogP contribution is 2.41. The van der Waals surface area contributed by atoms with Crippen LogP contribution in [0.5, 0.6) is 5.75 Å². The Morgan fingerprint density at radius 2 is 2.04 bits per heavy atom. The lowest BCUT2D eigenvalue weighted by Gasteiger charge is -2.11. The summed E-state index contributed by atoms with van der Waals surface area (Å²) in [5.74, 6) is 0.525. The molecule has 0 aliphatic heterocycles. The number of hydrogen-bond acceptors (Lipinski definition) is 6. The maximum atomic E-state index is 12.8. The van der Waals surface area contributed by atoms with Gasteiger partial charge in [0.05, 0.1) is 28.3 Å². The Kier molecular flexibility index (Phi) is 4.44. The smallest absolute Gasteiger partial charge is 0.387 e. The van der Waals surface area contributed by atoms with Gasteiger partial charge >= 0.3 is 6.61 Å². The number of aromatic nitrogens is 4. The number of thiophene rings is 1. The summed E-state index contributed by atoms with van der Waals surface area (Å²) in [6, 6.07) is 6.73. The highest BCUT2D eigenvalue weighted by molar-refractivity contribution is 7.19. The number of rotatable bonds is 5. The first kappa shape index (κ1) is 17.3. The number of para-hydroxylation sites is 1. The van der Waals surface area contributed by atoms with Crippen LogP contribution in [-0.2, 0) is 7.05 Å². The Hall–Kier alpha value is -3.07. The van der Waals surface area contributed by atoms with E-state index in [0.717, 1.165) is 20.8 Å². The van der Waals surface area contributed by atoms with Crippen molar-refractivity contribution in [3.8, 4) is 16.9 Å². The van der Waals surface area contributed by atoms with Gasteiger partial charge in [-0.05, 0) is 13.0 Å². The normalized spacial score (nSPS) is 11.3. The van der Waals surface area contributed by atoms with Gasteiger partial charge in [-0.25, -0.2) is 9.97 Å². The van der Waals surface area contributed by atoms with E-state index in [1.165, 1.54) is 17.4 Å². The number of halogens is 2. The zero-order valence-corrected chi connectivity index (χ0v) is 15.3. The van der Waals surface area contributed by atoms with Crippen LogP contribution in [0.2, 0.25) is 0 Å². The summed E-state index contributed by atoms with van der Waals surface area (Å²) in [7, 11) is 1.81. The zero-order valence-electron chi connectivity index (χ0n) is 14.5. The molecule has 0 fully saturated rings. The van der Waals surface area contributed by atoms with Gasteiger partial charge < -0.3 is 10.1 Å². The van der Waals surface area contributed by atoms with E-state index in [9.17, 15) is 8.78 Å². The molecule has 138 valence electrons. The molecule has 0 saturated carbocycles. The summed E-state index contributed by atoms with van der Waals surface area (Å²) >= 11 is 1.51. The van der Waals surface area contributed by atoms with E-state index in [4.69, 9.17) is 4.74 Å². The molecule has 0 saturated heterocycles. The zero-order chi connectivity index (χ0) is 19.0. The second kappa shape index (κ2) is 6.92. The first-order valence-corrected chi connectivity index (χ1v) is 8.89. The van der Waals surface area contributed by atoms with E-state index in [2.05, 4.69) is 20.4 Å². The van der Waals surface area contributed by atoms with Crippen molar-refractivity contribution in [3.63, 3.8) is 0 Å². The lowest BCUT2D eigenvalue weighted by molar-refractivity contribution is -0.0494. The molecule has 6 nitrogen and oxygen atoms in total. The van der Waals surface area contributed by atoms with Crippen LogP contribution < -0.4 is 10.1 Å². The second-order valence-corrected chi connectivity index (χ2v) is 7.10. The maximum Gasteiger partial charge on any atom is 0.387 e. The molecule has 1 N–H and O–H groups in total. The highest BCUT2D eigenvalue weighted by atomic mass is 32.1. The van der Waals surface area contributed by atoms with Crippen molar-refractivity contribution in [2.24, 2.45) is 7.05 Å². The van der Waals surface area contributed by atoms with Crippen LogP contribution in [0, 0.1) is 6.92 Å². The van der Waals surface area contributed by atoms with Crippen molar-refractivity contribution in [1.29, 1.82) is 0 Å². The summed E-state index contributed by atoms with van der Waals surface area (Å²) in [4.78, 5) is 9.88. The molecule has 3 heterocycles. The summed E-state index contributed by atoms with van der Waals surface area (Å²) in [6.07, 6.45) is 5.19. The molecule has 0 aliphatic carbocycles. The van der Waals surface area contributed by atoms with E-state index in [1.54, 1.807) is 41.5 Å². The number of benzene rings is 1. The minimum atomic E-state index is -2.89. The molecular formula is C18H15F2N5OS. The Bertz CT molecular complexity index is 1110. The van der Waals surface area contributed by atoms with Gasteiger partial charge in [0, 0.05) is 29.2 Å². The molecular weight excluding hydrogens is 372 g/mol. The first-order valence-electron chi connectivity index (χ1n) is 8.07. The third-order valence-corrected chi connectivity index (χ3v) is 4.97. The van der Waals surface area contributed by atoms with Crippen molar-refractivity contribution in [3.05, 3.63) is 47.7 Å². The molecule has 0 amide bonds. The van der Waals surface area contributed by atoms with Crippen LogP contribution >= 0.6 is 11.3 Å². The number of aryl methyl sites for hydroxylation is 2. The summed E-state index contributed by atoms with van der Waals surface area (Å²) < 4.78 is 32.8. The molecule has 0 radical (unpaired) electrons. The van der Waals surface area contributed by atoms with Crippen molar-refractivity contribution in [2.45, 2.75) is 13.5 Å². The third-order valence-electron chi connectivity index (χ3n) is 3.94. The quantitative estimate of drug-likeness (QED) is 0.536. The second-order valence-electron chi connectivity index (χ2n) is 5.84. The van der Waals surface area contributed by atoms with Crippen molar-refractivity contribution >= 4 is 33.2 Å². The van der Waals surface area contributed by atoms with E-state index >= 15 is 0 Å². The van der Waals surface area contributed by atoms with E-state index in [-0.39, 0.29) is 5.75 Å². The lowest BCUT2D eigenvalue weighted by Crippen LogP contribution is -2.03. The number of nitrogens with zero attached hydrogens (tertiary/aromatic N) is 4. The van der Waals surface area contributed by atoms with E-state index in [1.807, 2.05) is 14.0 Å². The van der Waals surface area contributed by atoms with Gasteiger partial charge in [0.15, 0.2) is 0 Å². The molecule has 27 heavy (non-hydrogen) atoms. The number of anilines is 2. The molecule has 3 aromatic heterocycles. The van der Waals surface area contributed by atoms with Gasteiger partial charge in [-0.1, -0.05) is 18.2 Å². The Balaban J connectivity index is 1.81. The maximum absolute atomic E-state index is 12.8. The van der Waals surface area contributed by atoms with Crippen LogP contribution in [0.3, 0.4) is 0 Å². The van der Waals surface area contributed by atoms with E-state index in [0.29, 0.717) is 17.0 Å². The standard InChI is InChI=1S/C18H15F2N5OS/c1-10-15(12-5-3-4-6-13(12)26-17(19)20)16-14(27-10)8-21-18(24-16)23-11-7-22-25(2)9-11/h3-9,17H,1-2H3,(H,21,23,24). The third kappa shape index (κ3) is 3.45. The average molecular weight is 387 g/mol. The fourth-order valence-electron chi connectivity index (χ4n) is 2.87. The highest BCUT2D eigenvalue weighted by Gasteiger charge is 2.19. The fourth-order valence-corrected chi connectivity index (χ4v) is 3.86. The van der Waals surface area contributed by atoms with Gasteiger partial charge in [0.1, 0.15) is 5.75 Å². The Morgan fingerprint density at radius 1 is 1.22 bits per heavy atom.